The molecule has 0 bridgehead atoms. The molecule has 1 aliphatic rings. The molecule has 2 atom stereocenters. The second kappa shape index (κ2) is 8.86. The summed E-state index contributed by atoms with van der Waals surface area (Å²) in [5.41, 5.74) is 0. The Morgan fingerprint density at radius 1 is 1.43 bits per heavy atom. The minimum atomic E-state index is -0.165. The average Bonchev–Trinajstić information content (AvgIpc) is 3.00. The van der Waals surface area contributed by atoms with Gasteiger partial charge in [-0.25, -0.2) is 4.79 Å². The van der Waals surface area contributed by atoms with Crippen LogP contribution >= 0.6 is 0 Å². The molecule has 0 aromatic carbocycles. The third-order valence-electron chi connectivity index (χ3n) is 4.29. The Hall–Kier alpha value is -1.63. The van der Waals surface area contributed by atoms with E-state index in [1.807, 2.05) is 6.92 Å². The summed E-state index contributed by atoms with van der Waals surface area (Å²) in [4.78, 5) is 17.7. The van der Waals surface area contributed by atoms with Crippen LogP contribution in [0.25, 0.3) is 0 Å². The molecule has 130 valence electrons. The number of hydrogen-bond acceptors (Lipinski definition) is 5. The van der Waals surface area contributed by atoms with E-state index >= 15 is 0 Å². The van der Waals surface area contributed by atoms with Crippen molar-refractivity contribution in [1.29, 1.82) is 0 Å². The maximum atomic E-state index is 12.0. The van der Waals surface area contributed by atoms with E-state index in [0.717, 1.165) is 12.8 Å². The summed E-state index contributed by atoms with van der Waals surface area (Å²) in [6, 6.07) is -0.165. The lowest BCUT2D eigenvalue weighted by Gasteiger charge is -2.28. The highest BCUT2D eigenvalue weighted by Gasteiger charge is 2.21. The zero-order chi connectivity index (χ0) is 16.7. The van der Waals surface area contributed by atoms with E-state index in [0.29, 0.717) is 43.4 Å². The third-order valence-corrected chi connectivity index (χ3v) is 4.29. The van der Waals surface area contributed by atoms with Gasteiger partial charge in [0.05, 0.1) is 12.7 Å². The van der Waals surface area contributed by atoms with E-state index in [2.05, 4.69) is 22.4 Å². The molecule has 0 aliphatic heterocycles. The van der Waals surface area contributed by atoms with Crippen molar-refractivity contribution in [3.05, 3.63) is 11.7 Å². The molecule has 0 saturated heterocycles. The number of aromatic nitrogens is 2. The second-order valence-electron chi connectivity index (χ2n) is 6.22. The van der Waals surface area contributed by atoms with E-state index in [1.54, 1.807) is 7.05 Å². The quantitative estimate of drug-likeness (QED) is 0.779. The highest BCUT2D eigenvalue weighted by atomic mass is 16.5. The summed E-state index contributed by atoms with van der Waals surface area (Å²) in [5.74, 6) is 1.73. The number of aryl methyl sites for hydroxylation is 1. The predicted octanol–water partition coefficient (Wildman–Crippen LogP) is 2.37. The molecular weight excluding hydrogens is 296 g/mol. The fourth-order valence-electron chi connectivity index (χ4n) is 2.81. The molecule has 1 aromatic heterocycles. The Bertz CT molecular complexity index is 491. The zero-order valence-electron chi connectivity index (χ0n) is 14.4. The molecule has 7 heteroatoms. The van der Waals surface area contributed by atoms with E-state index in [9.17, 15) is 4.79 Å². The first-order valence-corrected chi connectivity index (χ1v) is 8.52. The van der Waals surface area contributed by atoms with Gasteiger partial charge in [0.2, 0.25) is 5.89 Å². The van der Waals surface area contributed by atoms with Gasteiger partial charge in [0, 0.05) is 20.0 Å². The van der Waals surface area contributed by atoms with Crippen LogP contribution < -0.4 is 5.32 Å². The minimum absolute atomic E-state index is 0.165. The van der Waals surface area contributed by atoms with Crippen LogP contribution in [0.2, 0.25) is 0 Å². The Labute approximate surface area is 137 Å². The Kier molecular flexibility index (Phi) is 6.83. The van der Waals surface area contributed by atoms with Gasteiger partial charge in [0.25, 0.3) is 0 Å². The van der Waals surface area contributed by atoms with E-state index in [1.165, 1.54) is 24.2 Å². The number of rotatable bonds is 7. The Morgan fingerprint density at radius 2 is 2.22 bits per heavy atom. The molecule has 1 fully saturated rings. The largest absolute Gasteiger partial charge is 0.376 e. The summed E-state index contributed by atoms with van der Waals surface area (Å²) in [7, 11) is 1.70. The van der Waals surface area contributed by atoms with Crippen molar-refractivity contribution in [1.82, 2.24) is 20.4 Å². The molecule has 1 aliphatic carbocycles. The van der Waals surface area contributed by atoms with Gasteiger partial charge in [-0.15, -0.1) is 0 Å². The number of hydrogen-bond donors (Lipinski definition) is 1. The zero-order valence-corrected chi connectivity index (χ0v) is 14.4. The smallest absolute Gasteiger partial charge is 0.317 e. The number of nitrogens with zero attached hydrogens (tertiary/aromatic N) is 3. The molecule has 0 spiro atoms. The number of carbonyl (C=O) groups excluding carboxylic acids is 1. The first-order chi connectivity index (χ1) is 11.1. The van der Waals surface area contributed by atoms with Crippen LogP contribution in [0.1, 0.15) is 51.2 Å². The normalized spacial score (nSPS) is 21.2. The summed E-state index contributed by atoms with van der Waals surface area (Å²) in [5, 5.41) is 6.67. The number of carbonyl (C=O) groups is 1. The first kappa shape index (κ1) is 17.7. The average molecular weight is 324 g/mol. The second-order valence-corrected chi connectivity index (χ2v) is 6.22. The van der Waals surface area contributed by atoms with Crippen molar-refractivity contribution in [2.24, 2.45) is 5.92 Å². The van der Waals surface area contributed by atoms with E-state index in [-0.39, 0.29) is 6.03 Å². The lowest BCUT2D eigenvalue weighted by molar-refractivity contribution is -0.00268. The molecule has 0 radical (unpaired) electrons. The number of nitrogens with one attached hydrogen (secondary N) is 1. The third kappa shape index (κ3) is 5.49. The van der Waals surface area contributed by atoms with E-state index < -0.39 is 0 Å². The number of amides is 2. The van der Waals surface area contributed by atoms with Crippen molar-refractivity contribution < 1.29 is 14.1 Å². The van der Waals surface area contributed by atoms with E-state index in [4.69, 9.17) is 9.26 Å². The van der Waals surface area contributed by atoms with Crippen molar-refractivity contribution >= 4 is 6.03 Å². The number of ether oxygens (including phenoxy) is 1. The molecule has 1 aromatic rings. The lowest BCUT2D eigenvalue weighted by atomic mass is 9.88. The highest BCUT2D eigenvalue weighted by Crippen LogP contribution is 2.25. The Morgan fingerprint density at radius 3 is 2.91 bits per heavy atom. The topological polar surface area (TPSA) is 80.5 Å². The van der Waals surface area contributed by atoms with Gasteiger partial charge >= 0.3 is 6.03 Å². The van der Waals surface area contributed by atoms with Gasteiger partial charge in [0.1, 0.15) is 6.54 Å². The highest BCUT2D eigenvalue weighted by molar-refractivity contribution is 5.73. The maximum absolute atomic E-state index is 12.0. The minimum Gasteiger partial charge on any atom is -0.376 e. The molecule has 7 nitrogen and oxygen atoms in total. The summed E-state index contributed by atoms with van der Waals surface area (Å²) in [6.07, 6.45) is 5.97. The molecule has 1 heterocycles. The predicted molar refractivity (Wildman–Crippen MR) is 85.9 cm³/mol. The van der Waals surface area contributed by atoms with Crippen LogP contribution in [0.15, 0.2) is 4.52 Å². The summed E-state index contributed by atoms with van der Waals surface area (Å²) in [6.45, 7) is 5.56. The first-order valence-electron chi connectivity index (χ1n) is 8.52. The van der Waals surface area contributed by atoms with Crippen LogP contribution in [0.3, 0.4) is 0 Å². The van der Waals surface area contributed by atoms with Gasteiger partial charge in [-0.2, -0.15) is 4.98 Å². The SMILES string of the molecule is CCc1noc(CN(C)C(=O)NCCO[C@H]2CCCC[C@H]2C)n1. The summed E-state index contributed by atoms with van der Waals surface area (Å²) < 4.78 is 11.0. The van der Waals surface area contributed by atoms with Crippen LogP contribution in [-0.2, 0) is 17.7 Å². The van der Waals surface area contributed by atoms with Crippen molar-refractivity contribution in [3.8, 4) is 0 Å². The fourth-order valence-corrected chi connectivity index (χ4v) is 2.81. The monoisotopic (exact) mass is 324 g/mol. The van der Waals surface area contributed by atoms with Gasteiger partial charge in [-0.05, 0) is 18.8 Å². The molecule has 0 unspecified atom stereocenters. The van der Waals surface area contributed by atoms with Crippen LogP contribution in [0.5, 0.6) is 0 Å². The molecule has 2 rings (SSSR count). The standard InChI is InChI=1S/C16H28N4O3/c1-4-14-18-15(23-19-14)11-20(3)16(21)17-9-10-22-13-8-6-5-7-12(13)2/h12-13H,4-11H2,1-3H3,(H,17,21)/t12-,13+/m1/s1. The van der Waals surface area contributed by atoms with Crippen molar-refractivity contribution in [3.63, 3.8) is 0 Å². The van der Waals surface area contributed by atoms with Crippen LogP contribution in [0, 0.1) is 5.92 Å². The molecule has 2 amide bonds. The maximum Gasteiger partial charge on any atom is 0.317 e. The summed E-state index contributed by atoms with van der Waals surface area (Å²) >= 11 is 0. The van der Waals surface area contributed by atoms with Crippen LogP contribution in [0.4, 0.5) is 4.79 Å². The van der Waals surface area contributed by atoms with Gasteiger partial charge in [0.15, 0.2) is 5.82 Å². The Balaban J connectivity index is 1.63. The fraction of sp³-hybridized carbons (Fsp3) is 0.812. The van der Waals surface area contributed by atoms with Crippen molar-refractivity contribution in [2.75, 3.05) is 20.2 Å². The van der Waals surface area contributed by atoms with Crippen LogP contribution in [-0.4, -0.2) is 47.4 Å². The van der Waals surface area contributed by atoms with Gasteiger partial charge in [-0.3, -0.25) is 0 Å². The van der Waals surface area contributed by atoms with Gasteiger partial charge < -0.3 is 19.5 Å². The van der Waals surface area contributed by atoms with Gasteiger partial charge in [-0.1, -0.05) is 31.8 Å². The molecule has 23 heavy (non-hydrogen) atoms. The van der Waals surface area contributed by atoms with Crippen molar-refractivity contribution in [2.45, 2.75) is 58.6 Å². The molecule has 1 saturated carbocycles. The molecular formula is C16H28N4O3. The molecule has 1 N–H and O–H groups in total. The lowest BCUT2D eigenvalue weighted by Crippen LogP contribution is -2.39. The number of urea groups is 1.